The lowest BCUT2D eigenvalue weighted by Crippen LogP contribution is -2.25. The van der Waals surface area contributed by atoms with Crippen LogP contribution in [0, 0.1) is 5.41 Å². The van der Waals surface area contributed by atoms with Crippen LogP contribution < -0.4 is 9.47 Å². The molecule has 0 aliphatic carbocycles. The normalized spacial score (nSPS) is 12.3. The van der Waals surface area contributed by atoms with Crippen LogP contribution in [0.1, 0.15) is 38.7 Å². The molecule has 0 aromatic heterocycles. The van der Waals surface area contributed by atoms with Gasteiger partial charge in [0.2, 0.25) is 0 Å². The fourth-order valence-electron chi connectivity index (χ4n) is 3.10. The van der Waals surface area contributed by atoms with Gasteiger partial charge < -0.3 is 19.5 Å². The maximum atomic E-state index is 11.7. The summed E-state index contributed by atoms with van der Waals surface area (Å²) in [6, 6.07) is 13.1. The van der Waals surface area contributed by atoms with Crippen molar-refractivity contribution < 1.29 is 19.4 Å². The molecule has 0 spiro atoms. The van der Waals surface area contributed by atoms with Gasteiger partial charge >= 0.3 is 6.09 Å². The first-order chi connectivity index (χ1) is 13.6. The van der Waals surface area contributed by atoms with E-state index in [1.54, 1.807) is 31.9 Å². The number of phenols is 1. The molecule has 0 aliphatic rings. The molecule has 0 radical (unpaired) electrons. The summed E-state index contributed by atoms with van der Waals surface area (Å²) in [6.07, 6.45) is 2.31. The van der Waals surface area contributed by atoms with Crippen molar-refractivity contribution in [2.75, 3.05) is 27.0 Å². The minimum absolute atomic E-state index is 0.0755. The number of rotatable bonds is 7. The van der Waals surface area contributed by atoms with Crippen LogP contribution in [-0.2, 0) is 0 Å². The topological polar surface area (TPSA) is 59.0 Å². The van der Waals surface area contributed by atoms with E-state index in [1.807, 2.05) is 36.6 Å². The quantitative estimate of drug-likeness (QED) is 0.579. The number of phenolic OH excluding ortho intramolecular Hbond substituents is 1. The zero-order valence-electron chi connectivity index (χ0n) is 18.1. The van der Waals surface area contributed by atoms with Crippen molar-refractivity contribution in [1.29, 1.82) is 0 Å². The van der Waals surface area contributed by atoms with Gasteiger partial charge in [-0.2, -0.15) is 0 Å². The number of aromatic hydroxyl groups is 1. The third kappa shape index (κ3) is 6.60. The molecule has 1 unspecified atom stereocenters. The van der Waals surface area contributed by atoms with E-state index < -0.39 is 6.09 Å². The lowest BCUT2D eigenvalue weighted by Gasteiger charge is -2.32. The molecule has 1 amide bonds. The van der Waals surface area contributed by atoms with Crippen LogP contribution in [0.15, 0.2) is 47.4 Å². The zero-order valence-corrected chi connectivity index (χ0v) is 18.9. The summed E-state index contributed by atoms with van der Waals surface area (Å²) < 4.78 is 11.2. The second-order valence-corrected chi connectivity index (χ2v) is 9.09. The summed E-state index contributed by atoms with van der Waals surface area (Å²) in [6.45, 7) is 6.97. The smallest absolute Gasteiger partial charge is 0.414 e. The van der Waals surface area contributed by atoms with Crippen LogP contribution in [0.4, 0.5) is 4.79 Å². The predicted octanol–water partition coefficient (Wildman–Crippen LogP) is 5.77. The van der Waals surface area contributed by atoms with E-state index >= 15 is 0 Å². The summed E-state index contributed by atoms with van der Waals surface area (Å²) in [5.74, 6) is 1.36. The van der Waals surface area contributed by atoms with Crippen molar-refractivity contribution in [3.05, 3.63) is 48.0 Å². The molecule has 0 saturated carbocycles. The van der Waals surface area contributed by atoms with Crippen LogP contribution >= 0.6 is 11.8 Å². The van der Waals surface area contributed by atoms with E-state index in [0.717, 1.165) is 17.7 Å². The van der Waals surface area contributed by atoms with E-state index in [4.69, 9.17) is 9.47 Å². The van der Waals surface area contributed by atoms with Gasteiger partial charge in [0, 0.05) is 25.1 Å². The highest BCUT2D eigenvalue weighted by Gasteiger charge is 2.28. The Labute approximate surface area is 178 Å². The van der Waals surface area contributed by atoms with Crippen LogP contribution in [-0.4, -0.2) is 43.1 Å². The van der Waals surface area contributed by atoms with E-state index in [0.29, 0.717) is 12.4 Å². The molecular weight excluding hydrogens is 386 g/mol. The monoisotopic (exact) mass is 417 g/mol. The standard InChI is InChI=1S/C23H31NO4S/c1-23(2,3)20(13-14-27-16-7-10-18(29-6)11-8-16)19-12-9-17(15-21(19)25)28-22(26)24(4)5/h7-12,15,20,25H,13-14H2,1-6H3. The van der Waals surface area contributed by atoms with Crippen molar-refractivity contribution in [2.45, 2.75) is 38.0 Å². The van der Waals surface area contributed by atoms with Crippen molar-refractivity contribution in [2.24, 2.45) is 5.41 Å². The Hall–Kier alpha value is -2.34. The van der Waals surface area contributed by atoms with Gasteiger partial charge in [0.1, 0.15) is 17.2 Å². The fourth-order valence-corrected chi connectivity index (χ4v) is 3.50. The Balaban J connectivity index is 2.10. The summed E-state index contributed by atoms with van der Waals surface area (Å²) >= 11 is 1.70. The lowest BCUT2D eigenvalue weighted by atomic mass is 9.74. The average Bonchev–Trinajstić information content (AvgIpc) is 2.65. The molecular formula is C23H31NO4S. The first kappa shape index (κ1) is 22.9. The fraction of sp³-hybridized carbons (Fsp3) is 0.435. The average molecular weight is 418 g/mol. The third-order valence-electron chi connectivity index (χ3n) is 4.73. The second-order valence-electron chi connectivity index (χ2n) is 8.21. The first-order valence-corrected chi connectivity index (χ1v) is 10.8. The molecule has 0 heterocycles. The number of thioether (sulfide) groups is 1. The van der Waals surface area contributed by atoms with E-state index in [2.05, 4.69) is 20.8 Å². The molecule has 0 aliphatic heterocycles. The van der Waals surface area contributed by atoms with Crippen LogP contribution in [0.5, 0.6) is 17.2 Å². The van der Waals surface area contributed by atoms with Crippen molar-refractivity contribution in [1.82, 2.24) is 4.90 Å². The first-order valence-electron chi connectivity index (χ1n) is 9.60. The van der Waals surface area contributed by atoms with Gasteiger partial charge in [-0.1, -0.05) is 26.8 Å². The van der Waals surface area contributed by atoms with Crippen molar-refractivity contribution >= 4 is 17.9 Å². The molecule has 0 bridgehead atoms. The molecule has 0 fully saturated rings. The number of hydrogen-bond donors (Lipinski definition) is 1. The largest absolute Gasteiger partial charge is 0.508 e. The Morgan fingerprint density at radius 1 is 1.10 bits per heavy atom. The Kier molecular flexibility index (Phi) is 7.85. The number of benzene rings is 2. The van der Waals surface area contributed by atoms with Gasteiger partial charge in [-0.3, -0.25) is 0 Å². The molecule has 2 rings (SSSR count). The van der Waals surface area contributed by atoms with Crippen LogP contribution in [0.3, 0.4) is 0 Å². The van der Waals surface area contributed by atoms with Crippen molar-refractivity contribution in [3.63, 3.8) is 0 Å². The van der Waals surface area contributed by atoms with E-state index in [9.17, 15) is 9.90 Å². The highest BCUT2D eigenvalue weighted by molar-refractivity contribution is 7.98. The Morgan fingerprint density at radius 2 is 1.72 bits per heavy atom. The third-order valence-corrected chi connectivity index (χ3v) is 5.47. The number of carbonyl (C=O) groups is 1. The Bertz CT molecular complexity index is 813. The molecule has 6 heteroatoms. The number of amides is 1. The van der Waals surface area contributed by atoms with Gasteiger partial charge in [-0.05, 0) is 59.9 Å². The lowest BCUT2D eigenvalue weighted by molar-refractivity contribution is 0.171. The maximum Gasteiger partial charge on any atom is 0.414 e. The van der Waals surface area contributed by atoms with Crippen molar-refractivity contribution in [3.8, 4) is 17.2 Å². The van der Waals surface area contributed by atoms with Gasteiger partial charge in [0.15, 0.2) is 0 Å². The summed E-state index contributed by atoms with van der Waals surface area (Å²) in [5.41, 5.74) is 0.745. The highest BCUT2D eigenvalue weighted by atomic mass is 32.2. The van der Waals surface area contributed by atoms with Crippen LogP contribution in [0.25, 0.3) is 0 Å². The molecule has 1 N–H and O–H groups in total. The van der Waals surface area contributed by atoms with Crippen LogP contribution in [0.2, 0.25) is 0 Å². The molecule has 5 nitrogen and oxygen atoms in total. The van der Waals surface area contributed by atoms with E-state index in [1.165, 1.54) is 15.9 Å². The molecule has 29 heavy (non-hydrogen) atoms. The number of ether oxygens (including phenoxy) is 2. The predicted molar refractivity (Wildman–Crippen MR) is 118 cm³/mol. The number of carbonyl (C=O) groups excluding carboxylic acids is 1. The molecule has 0 saturated heterocycles. The minimum Gasteiger partial charge on any atom is -0.508 e. The number of nitrogens with zero attached hydrogens (tertiary/aromatic N) is 1. The van der Waals surface area contributed by atoms with Gasteiger partial charge in [-0.25, -0.2) is 4.79 Å². The second kappa shape index (κ2) is 9.92. The number of hydrogen-bond acceptors (Lipinski definition) is 5. The van der Waals surface area contributed by atoms with Gasteiger partial charge in [0.25, 0.3) is 0 Å². The SMILES string of the molecule is CSc1ccc(OCCC(c2ccc(OC(=O)N(C)C)cc2O)C(C)(C)C)cc1. The highest BCUT2D eigenvalue weighted by Crippen LogP contribution is 2.42. The zero-order chi connectivity index (χ0) is 21.6. The molecule has 158 valence electrons. The summed E-state index contributed by atoms with van der Waals surface area (Å²) in [7, 11) is 3.22. The summed E-state index contributed by atoms with van der Waals surface area (Å²) in [4.78, 5) is 14.3. The summed E-state index contributed by atoms with van der Waals surface area (Å²) in [5, 5.41) is 10.6. The van der Waals surface area contributed by atoms with E-state index in [-0.39, 0.29) is 17.1 Å². The molecule has 2 aromatic carbocycles. The maximum absolute atomic E-state index is 11.7. The Morgan fingerprint density at radius 3 is 2.24 bits per heavy atom. The molecule has 1 atom stereocenters. The minimum atomic E-state index is -0.481. The van der Waals surface area contributed by atoms with Gasteiger partial charge in [0.05, 0.1) is 6.61 Å². The van der Waals surface area contributed by atoms with Gasteiger partial charge in [-0.15, -0.1) is 11.8 Å². The molecule has 2 aromatic rings.